The molecule has 138 valence electrons. The second-order valence-corrected chi connectivity index (χ2v) is 6.24. The molecule has 0 aliphatic carbocycles. The number of rotatable bonds is 8. The van der Waals surface area contributed by atoms with E-state index in [4.69, 9.17) is 4.74 Å². The Hall–Kier alpha value is -2.89. The van der Waals surface area contributed by atoms with Crippen LogP contribution >= 0.6 is 0 Å². The number of benzene rings is 2. The van der Waals surface area contributed by atoms with E-state index in [1.807, 2.05) is 13.8 Å². The second kappa shape index (κ2) is 8.99. The minimum atomic E-state index is -1.26. The van der Waals surface area contributed by atoms with Crippen LogP contribution in [0, 0.1) is 5.82 Å². The summed E-state index contributed by atoms with van der Waals surface area (Å²) in [5.74, 6) is -1.34. The van der Waals surface area contributed by atoms with Crippen LogP contribution in [0.2, 0.25) is 0 Å². The highest BCUT2D eigenvalue weighted by atomic mass is 19.1. The SMILES string of the molecule is CC(C)Oc1ccc([C@H](CC(=O)[O-])NC(=O)Cc2ccc(F)cc2)cc1. The number of carbonyl (C=O) groups excluding carboxylic acids is 2. The van der Waals surface area contributed by atoms with Crippen molar-refractivity contribution >= 4 is 11.9 Å². The molecular formula is C20H21FNO4-. The van der Waals surface area contributed by atoms with Crippen LogP contribution in [0.4, 0.5) is 4.39 Å². The molecule has 0 bridgehead atoms. The molecule has 0 saturated carbocycles. The lowest BCUT2D eigenvalue weighted by Gasteiger charge is -2.20. The number of ether oxygens (including phenoxy) is 1. The molecule has 0 fully saturated rings. The molecule has 1 atom stereocenters. The number of aliphatic carboxylic acids is 1. The highest BCUT2D eigenvalue weighted by Gasteiger charge is 2.16. The van der Waals surface area contributed by atoms with E-state index in [0.29, 0.717) is 16.9 Å². The maximum Gasteiger partial charge on any atom is 0.224 e. The van der Waals surface area contributed by atoms with Gasteiger partial charge in [-0.3, -0.25) is 4.79 Å². The Morgan fingerprint density at radius 3 is 2.23 bits per heavy atom. The first kappa shape index (κ1) is 19.4. The van der Waals surface area contributed by atoms with Crippen LogP contribution in [0.5, 0.6) is 5.75 Å². The minimum Gasteiger partial charge on any atom is -0.550 e. The number of amides is 1. The number of hydrogen-bond donors (Lipinski definition) is 1. The molecule has 0 radical (unpaired) electrons. The molecule has 0 unspecified atom stereocenters. The topological polar surface area (TPSA) is 78.5 Å². The maximum atomic E-state index is 12.9. The monoisotopic (exact) mass is 358 g/mol. The third kappa shape index (κ3) is 6.20. The summed E-state index contributed by atoms with van der Waals surface area (Å²) >= 11 is 0. The number of halogens is 1. The first-order valence-electron chi connectivity index (χ1n) is 8.33. The van der Waals surface area contributed by atoms with Crippen molar-refractivity contribution in [1.82, 2.24) is 5.32 Å². The first-order chi connectivity index (χ1) is 12.3. The molecule has 0 aliphatic rings. The van der Waals surface area contributed by atoms with Crippen LogP contribution in [0.1, 0.15) is 37.4 Å². The van der Waals surface area contributed by atoms with Gasteiger partial charge >= 0.3 is 0 Å². The van der Waals surface area contributed by atoms with Crippen molar-refractivity contribution < 1.29 is 23.8 Å². The van der Waals surface area contributed by atoms with Gasteiger partial charge in [0.1, 0.15) is 11.6 Å². The van der Waals surface area contributed by atoms with E-state index in [0.717, 1.165) is 0 Å². The summed E-state index contributed by atoms with van der Waals surface area (Å²) in [5.41, 5.74) is 1.27. The number of carbonyl (C=O) groups is 2. The standard InChI is InChI=1S/C20H22FNO4/c1-13(2)26-17-9-5-15(6-10-17)18(12-20(24)25)22-19(23)11-14-3-7-16(21)8-4-14/h3-10,13,18H,11-12H2,1-2H3,(H,22,23)(H,24,25)/p-1/t18-/m0/s1. The Morgan fingerprint density at radius 1 is 1.08 bits per heavy atom. The fourth-order valence-electron chi connectivity index (χ4n) is 2.50. The van der Waals surface area contributed by atoms with Gasteiger partial charge in [-0.25, -0.2) is 4.39 Å². The predicted octanol–water partition coefficient (Wildman–Crippen LogP) is 2.15. The van der Waals surface area contributed by atoms with Crippen LogP contribution in [0.15, 0.2) is 48.5 Å². The van der Waals surface area contributed by atoms with E-state index < -0.39 is 12.0 Å². The number of carboxylic acid groups (broad SMARTS) is 1. The van der Waals surface area contributed by atoms with Crippen LogP contribution in [0.3, 0.4) is 0 Å². The largest absolute Gasteiger partial charge is 0.550 e. The zero-order valence-corrected chi connectivity index (χ0v) is 14.7. The van der Waals surface area contributed by atoms with Crippen LogP contribution < -0.4 is 15.2 Å². The van der Waals surface area contributed by atoms with Crippen molar-refractivity contribution in [2.45, 2.75) is 38.8 Å². The van der Waals surface area contributed by atoms with Gasteiger partial charge in [0.2, 0.25) is 5.91 Å². The Labute approximate surface area is 151 Å². The predicted molar refractivity (Wildman–Crippen MR) is 92.8 cm³/mol. The summed E-state index contributed by atoms with van der Waals surface area (Å²) in [6, 6.07) is 11.7. The summed E-state index contributed by atoms with van der Waals surface area (Å²) in [7, 11) is 0. The molecule has 0 aliphatic heterocycles. The normalized spacial score (nSPS) is 11.8. The summed E-state index contributed by atoms with van der Waals surface area (Å²) < 4.78 is 18.5. The smallest absolute Gasteiger partial charge is 0.224 e. The lowest BCUT2D eigenvalue weighted by Crippen LogP contribution is -2.35. The van der Waals surface area contributed by atoms with E-state index in [1.165, 1.54) is 24.3 Å². The molecule has 5 nitrogen and oxygen atoms in total. The lowest BCUT2D eigenvalue weighted by molar-refractivity contribution is -0.306. The molecule has 0 saturated heterocycles. The summed E-state index contributed by atoms with van der Waals surface area (Å²) in [6.45, 7) is 3.81. The summed E-state index contributed by atoms with van der Waals surface area (Å²) in [6.07, 6.45) is -0.298. The number of carboxylic acids is 1. The average Bonchev–Trinajstić information content (AvgIpc) is 2.56. The quantitative estimate of drug-likeness (QED) is 0.784. The molecule has 0 heterocycles. The van der Waals surface area contributed by atoms with Gasteiger partial charge in [-0.05, 0) is 49.2 Å². The third-order valence-corrected chi connectivity index (χ3v) is 3.64. The molecule has 6 heteroatoms. The van der Waals surface area contributed by atoms with Gasteiger partial charge in [0, 0.05) is 12.4 Å². The van der Waals surface area contributed by atoms with Crippen molar-refractivity contribution in [3.8, 4) is 5.75 Å². The van der Waals surface area contributed by atoms with Gasteiger partial charge < -0.3 is 20.0 Å². The first-order valence-corrected chi connectivity index (χ1v) is 8.33. The lowest BCUT2D eigenvalue weighted by atomic mass is 10.0. The van der Waals surface area contributed by atoms with Crippen LogP contribution in [-0.4, -0.2) is 18.0 Å². The van der Waals surface area contributed by atoms with E-state index in [1.54, 1.807) is 24.3 Å². The molecule has 2 rings (SSSR count). The Kier molecular flexibility index (Phi) is 6.72. The van der Waals surface area contributed by atoms with Crippen molar-refractivity contribution in [2.24, 2.45) is 0 Å². The highest BCUT2D eigenvalue weighted by Crippen LogP contribution is 2.21. The summed E-state index contributed by atoms with van der Waals surface area (Å²) in [4.78, 5) is 23.3. The number of hydrogen-bond acceptors (Lipinski definition) is 4. The Bertz CT molecular complexity index is 741. The van der Waals surface area contributed by atoms with E-state index in [2.05, 4.69) is 5.32 Å². The molecule has 0 aromatic heterocycles. The highest BCUT2D eigenvalue weighted by molar-refractivity contribution is 5.79. The van der Waals surface area contributed by atoms with Crippen molar-refractivity contribution in [3.63, 3.8) is 0 Å². The maximum absolute atomic E-state index is 12.9. The van der Waals surface area contributed by atoms with Gasteiger partial charge in [-0.2, -0.15) is 0 Å². The number of nitrogens with one attached hydrogen (secondary N) is 1. The molecule has 2 aromatic carbocycles. The molecular weight excluding hydrogens is 337 g/mol. The Morgan fingerprint density at radius 2 is 1.69 bits per heavy atom. The fraction of sp³-hybridized carbons (Fsp3) is 0.300. The van der Waals surface area contributed by atoms with Crippen LogP contribution in [-0.2, 0) is 16.0 Å². The molecule has 0 spiro atoms. The average molecular weight is 358 g/mol. The molecule has 1 N–H and O–H groups in total. The minimum absolute atomic E-state index is 0.0234. The molecule has 26 heavy (non-hydrogen) atoms. The third-order valence-electron chi connectivity index (χ3n) is 3.64. The fourth-order valence-corrected chi connectivity index (χ4v) is 2.50. The van der Waals surface area contributed by atoms with Crippen molar-refractivity contribution in [3.05, 3.63) is 65.5 Å². The van der Waals surface area contributed by atoms with E-state index in [-0.39, 0.29) is 30.7 Å². The molecule has 2 aromatic rings. The van der Waals surface area contributed by atoms with Gasteiger partial charge in [-0.15, -0.1) is 0 Å². The zero-order valence-electron chi connectivity index (χ0n) is 14.7. The van der Waals surface area contributed by atoms with Gasteiger partial charge in [0.15, 0.2) is 0 Å². The molecule has 1 amide bonds. The summed E-state index contributed by atoms with van der Waals surface area (Å²) in [5, 5.41) is 13.7. The van der Waals surface area contributed by atoms with Crippen LogP contribution in [0.25, 0.3) is 0 Å². The van der Waals surface area contributed by atoms with Crippen molar-refractivity contribution in [2.75, 3.05) is 0 Å². The van der Waals surface area contributed by atoms with Crippen molar-refractivity contribution in [1.29, 1.82) is 0 Å². The van der Waals surface area contributed by atoms with Gasteiger partial charge in [0.25, 0.3) is 0 Å². The van der Waals surface area contributed by atoms with E-state index >= 15 is 0 Å². The second-order valence-electron chi connectivity index (χ2n) is 6.24. The van der Waals surface area contributed by atoms with E-state index in [9.17, 15) is 19.1 Å². The van der Waals surface area contributed by atoms with Gasteiger partial charge in [-0.1, -0.05) is 24.3 Å². The zero-order chi connectivity index (χ0) is 19.1. The van der Waals surface area contributed by atoms with Gasteiger partial charge in [0.05, 0.1) is 18.6 Å². The Balaban J connectivity index is 2.07.